The molecule has 0 bridgehead atoms. The molecule has 0 aliphatic rings. The summed E-state index contributed by atoms with van der Waals surface area (Å²) in [4.78, 5) is 30.7. The fraction of sp³-hybridized carbons (Fsp3) is 0.350. The van der Waals surface area contributed by atoms with E-state index in [1.165, 1.54) is 11.3 Å². The molecule has 1 aromatic carbocycles. The third-order valence-electron chi connectivity index (χ3n) is 4.43. The molecular weight excluding hydrogens is 364 g/mol. The smallest absolute Gasteiger partial charge is 0.303 e. The van der Waals surface area contributed by atoms with Crippen LogP contribution in [0.2, 0.25) is 0 Å². The number of thiophene rings is 1. The Labute approximate surface area is 161 Å². The molecule has 27 heavy (non-hydrogen) atoms. The summed E-state index contributed by atoms with van der Waals surface area (Å²) in [5.74, 6) is -0.229. The normalized spacial score (nSPS) is 11.2. The van der Waals surface area contributed by atoms with Crippen molar-refractivity contribution in [2.45, 2.75) is 32.7 Å². The number of aliphatic carboxylic acids is 1. The molecular formula is C20H22N2O4S. The van der Waals surface area contributed by atoms with Crippen LogP contribution in [0.5, 0.6) is 0 Å². The molecule has 0 saturated carbocycles. The van der Waals surface area contributed by atoms with Crippen molar-refractivity contribution in [1.82, 2.24) is 9.55 Å². The molecule has 2 heterocycles. The van der Waals surface area contributed by atoms with E-state index in [1.54, 1.807) is 11.7 Å². The molecule has 0 spiro atoms. The summed E-state index contributed by atoms with van der Waals surface area (Å²) >= 11 is 1.51. The average molecular weight is 386 g/mol. The van der Waals surface area contributed by atoms with Crippen molar-refractivity contribution in [3.63, 3.8) is 0 Å². The number of hydrogen-bond donors (Lipinski definition) is 1. The van der Waals surface area contributed by atoms with Gasteiger partial charge in [-0.2, -0.15) is 0 Å². The highest BCUT2D eigenvalue weighted by Gasteiger charge is 2.19. The van der Waals surface area contributed by atoms with Crippen molar-refractivity contribution in [1.29, 1.82) is 0 Å². The van der Waals surface area contributed by atoms with E-state index in [-0.39, 0.29) is 12.0 Å². The number of hydrogen-bond acceptors (Lipinski definition) is 5. The Morgan fingerprint density at radius 3 is 2.70 bits per heavy atom. The van der Waals surface area contributed by atoms with E-state index < -0.39 is 5.97 Å². The Morgan fingerprint density at radius 1 is 1.30 bits per heavy atom. The third kappa shape index (κ3) is 4.09. The van der Waals surface area contributed by atoms with Crippen LogP contribution in [0.4, 0.5) is 0 Å². The quantitative estimate of drug-likeness (QED) is 0.641. The molecule has 142 valence electrons. The highest BCUT2D eigenvalue weighted by atomic mass is 32.1. The zero-order valence-electron chi connectivity index (χ0n) is 15.4. The second-order valence-electron chi connectivity index (χ2n) is 6.30. The van der Waals surface area contributed by atoms with Crippen molar-refractivity contribution in [2.24, 2.45) is 0 Å². The van der Waals surface area contributed by atoms with Crippen LogP contribution in [0.1, 0.15) is 23.5 Å². The van der Waals surface area contributed by atoms with Crippen LogP contribution in [-0.4, -0.2) is 34.3 Å². The van der Waals surface area contributed by atoms with E-state index in [0.717, 1.165) is 20.8 Å². The van der Waals surface area contributed by atoms with Crippen molar-refractivity contribution in [3.05, 3.63) is 51.4 Å². The van der Waals surface area contributed by atoms with Crippen LogP contribution in [-0.2, 0) is 22.5 Å². The molecule has 0 unspecified atom stereocenters. The fourth-order valence-corrected chi connectivity index (χ4v) is 4.25. The topological polar surface area (TPSA) is 81.4 Å². The van der Waals surface area contributed by atoms with Crippen LogP contribution in [0, 0.1) is 6.92 Å². The Morgan fingerprint density at radius 2 is 2.04 bits per heavy atom. The molecule has 6 nitrogen and oxygen atoms in total. The van der Waals surface area contributed by atoms with Gasteiger partial charge in [0.05, 0.1) is 12.0 Å². The lowest BCUT2D eigenvalue weighted by molar-refractivity contribution is -0.137. The molecule has 3 aromatic rings. The number of fused-ring (bicyclic) bond motifs is 1. The van der Waals surface area contributed by atoms with Crippen LogP contribution in [0.25, 0.3) is 21.3 Å². The number of carboxylic acid groups (broad SMARTS) is 1. The highest BCUT2D eigenvalue weighted by Crippen LogP contribution is 2.35. The van der Waals surface area contributed by atoms with Gasteiger partial charge in [-0.3, -0.25) is 14.2 Å². The largest absolute Gasteiger partial charge is 0.481 e. The summed E-state index contributed by atoms with van der Waals surface area (Å²) < 4.78 is 6.76. The van der Waals surface area contributed by atoms with Crippen molar-refractivity contribution >= 4 is 27.5 Å². The number of carbonyl (C=O) groups is 1. The molecule has 0 radical (unpaired) electrons. The summed E-state index contributed by atoms with van der Waals surface area (Å²) in [5.41, 5.74) is 1.79. The van der Waals surface area contributed by atoms with E-state index in [1.807, 2.05) is 37.3 Å². The summed E-state index contributed by atoms with van der Waals surface area (Å²) in [7, 11) is 1.61. The fourth-order valence-electron chi connectivity index (χ4n) is 3.19. The van der Waals surface area contributed by atoms with Gasteiger partial charge in [0, 0.05) is 36.9 Å². The summed E-state index contributed by atoms with van der Waals surface area (Å²) in [6.45, 7) is 2.78. The first kappa shape index (κ1) is 19.3. The first-order valence-electron chi connectivity index (χ1n) is 8.82. The van der Waals surface area contributed by atoms with E-state index in [4.69, 9.17) is 14.8 Å². The number of carboxylic acids is 1. The standard InChI is InChI=1S/C20H22N2O4S/c1-13-17(14-7-4-3-5-8-14)18-19(27-13)21-15(10-12-26-2)22(20(18)25)11-6-9-16(23)24/h3-5,7-8H,6,9-12H2,1-2H3,(H,23,24). The maximum atomic E-state index is 13.3. The molecule has 0 amide bonds. The minimum Gasteiger partial charge on any atom is -0.481 e. The Bertz CT molecular complexity index is 1010. The zero-order valence-corrected chi connectivity index (χ0v) is 16.2. The van der Waals surface area contributed by atoms with Gasteiger partial charge in [-0.15, -0.1) is 11.3 Å². The summed E-state index contributed by atoms with van der Waals surface area (Å²) in [6, 6.07) is 9.82. The van der Waals surface area contributed by atoms with Gasteiger partial charge < -0.3 is 9.84 Å². The number of benzene rings is 1. The van der Waals surface area contributed by atoms with Gasteiger partial charge in [-0.1, -0.05) is 30.3 Å². The Balaban J connectivity index is 2.16. The molecule has 0 saturated heterocycles. The molecule has 0 fully saturated rings. The SMILES string of the molecule is COCCc1nc2sc(C)c(-c3ccccc3)c2c(=O)n1CCCC(=O)O. The van der Waals surface area contributed by atoms with Gasteiger partial charge in [-0.25, -0.2) is 4.98 Å². The van der Waals surface area contributed by atoms with Crippen LogP contribution in [0.3, 0.4) is 0 Å². The molecule has 0 aliphatic heterocycles. The lowest BCUT2D eigenvalue weighted by atomic mass is 10.0. The molecule has 0 atom stereocenters. The van der Waals surface area contributed by atoms with Gasteiger partial charge >= 0.3 is 5.97 Å². The average Bonchev–Trinajstić information content (AvgIpc) is 2.98. The lowest BCUT2D eigenvalue weighted by Crippen LogP contribution is -2.26. The highest BCUT2D eigenvalue weighted by molar-refractivity contribution is 7.19. The molecule has 2 aromatic heterocycles. The Hall–Kier alpha value is -2.51. The number of methoxy groups -OCH3 is 1. The lowest BCUT2D eigenvalue weighted by Gasteiger charge is -2.12. The van der Waals surface area contributed by atoms with E-state index >= 15 is 0 Å². The van der Waals surface area contributed by atoms with Crippen molar-refractivity contribution < 1.29 is 14.6 Å². The molecule has 3 rings (SSSR count). The van der Waals surface area contributed by atoms with Gasteiger partial charge in [0.15, 0.2) is 0 Å². The number of aryl methyl sites for hydroxylation is 1. The number of rotatable bonds is 8. The number of aromatic nitrogens is 2. The monoisotopic (exact) mass is 386 g/mol. The van der Waals surface area contributed by atoms with Gasteiger partial charge in [-0.05, 0) is 18.9 Å². The first-order valence-corrected chi connectivity index (χ1v) is 9.63. The first-order chi connectivity index (χ1) is 13.0. The maximum absolute atomic E-state index is 13.3. The van der Waals surface area contributed by atoms with Gasteiger partial charge in [0.1, 0.15) is 10.7 Å². The van der Waals surface area contributed by atoms with Crippen molar-refractivity contribution in [2.75, 3.05) is 13.7 Å². The van der Waals surface area contributed by atoms with Crippen molar-refractivity contribution in [3.8, 4) is 11.1 Å². The van der Waals surface area contributed by atoms with Gasteiger partial charge in [0.25, 0.3) is 5.56 Å². The van der Waals surface area contributed by atoms with E-state index in [2.05, 4.69) is 0 Å². The van der Waals surface area contributed by atoms with E-state index in [9.17, 15) is 9.59 Å². The van der Waals surface area contributed by atoms with Gasteiger partial charge in [0.2, 0.25) is 0 Å². The zero-order chi connectivity index (χ0) is 19.4. The van der Waals surface area contributed by atoms with Crippen LogP contribution < -0.4 is 5.56 Å². The minimum absolute atomic E-state index is 0.0163. The second kappa shape index (κ2) is 8.45. The number of nitrogens with zero attached hydrogens (tertiary/aromatic N) is 2. The predicted molar refractivity (Wildman–Crippen MR) is 107 cm³/mol. The molecule has 0 aliphatic carbocycles. The van der Waals surface area contributed by atoms with E-state index in [0.29, 0.717) is 37.2 Å². The second-order valence-corrected chi connectivity index (χ2v) is 7.51. The Kier molecular flexibility index (Phi) is 6.03. The third-order valence-corrected chi connectivity index (χ3v) is 5.43. The van der Waals surface area contributed by atoms with Crippen LogP contribution in [0.15, 0.2) is 35.1 Å². The molecule has 1 N–H and O–H groups in total. The summed E-state index contributed by atoms with van der Waals surface area (Å²) in [6.07, 6.45) is 0.904. The molecule has 7 heteroatoms. The maximum Gasteiger partial charge on any atom is 0.303 e. The summed E-state index contributed by atoms with van der Waals surface area (Å²) in [5, 5.41) is 9.53. The van der Waals surface area contributed by atoms with Crippen LogP contribution >= 0.6 is 11.3 Å². The number of ether oxygens (including phenoxy) is 1. The predicted octanol–water partition coefficient (Wildman–Crippen LogP) is 3.49. The minimum atomic E-state index is -0.869.